The molecular weight excluding hydrogens is 370 g/mol. The molecule has 140 valence electrons. The van der Waals surface area contributed by atoms with Crippen molar-refractivity contribution in [1.82, 2.24) is 10.1 Å². The summed E-state index contributed by atoms with van der Waals surface area (Å²) >= 11 is 1.43. The summed E-state index contributed by atoms with van der Waals surface area (Å²) in [5, 5.41) is 8.91. The van der Waals surface area contributed by atoms with Gasteiger partial charge in [0.25, 0.3) is 11.8 Å². The molecule has 28 heavy (non-hydrogen) atoms. The van der Waals surface area contributed by atoms with Crippen LogP contribution in [0.5, 0.6) is 0 Å². The van der Waals surface area contributed by atoms with Crippen molar-refractivity contribution in [2.24, 2.45) is 0 Å². The second-order valence-electron chi connectivity index (χ2n) is 6.38. The highest BCUT2D eigenvalue weighted by Crippen LogP contribution is 2.30. The van der Waals surface area contributed by atoms with Crippen molar-refractivity contribution >= 4 is 22.9 Å². The second-order valence-corrected chi connectivity index (χ2v) is 7.30. The SMILES string of the molecule is CCc1noc(-c2ccc(C)c(NC(=O)c3sccc3-c3ccccc3)c2)n1. The molecule has 1 N–H and O–H groups in total. The smallest absolute Gasteiger partial charge is 0.266 e. The summed E-state index contributed by atoms with van der Waals surface area (Å²) < 4.78 is 5.32. The molecule has 2 aromatic heterocycles. The van der Waals surface area contributed by atoms with Gasteiger partial charge in [0.2, 0.25) is 0 Å². The molecule has 4 aromatic rings. The zero-order valence-corrected chi connectivity index (χ0v) is 16.4. The van der Waals surface area contributed by atoms with Gasteiger partial charge in [0, 0.05) is 23.2 Å². The van der Waals surface area contributed by atoms with Crippen LogP contribution in [-0.2, 0) is 6.42 Å². The molecule has 0 aliphatic carbocycles. The molecule has 5 nitrogen and oxygen atoms in total. The summed E-state index contributed by atoms with van der Waals surface area (Å²) in [5.74, 6) is 0.981. The minimum absolute atomic E-state index is 0.131. The summed E-state index contributed by atoms with van der Waals surface area (Å²) in [6, 6.07) is 17.6. The fourth-order valence-electron chi connectivity index (χ4n) is 2.91. The molecule has 1 amide bonds. The van der Waals surface area contributed by atoms with Crippen molar-refractivity contribution in [3.63, 3.8) is 0 Å². The fourth-order valence-corrected chi connectivity index (χ4v) is 3.72. The summed E-state index contributed by atoms with van der Waals surface area (Å²) in [4.78, 5) is 18.0. The van der Waals surface area contributed by atoms with Gasteiger partial charge >= 0.3 is 0 Å². The van der Waals surface area contributed by atoms with Crippen molar-refractivity contribution in [2.45, 2.75) is 20.3 Å². The van der Waals surface area contributed by atoms with Crippen molar-refractivity contribution in [3.05, 3.63) is 76.2 Å². The molecule has 0 fully saturated rings. The summed E-state index contributed by atoms with van der Waals surface area (Å²) in [6.45, 7) is 3.93. The first-order chi connectivity index (χ1) is 13.7. The minimum atomic E-state index is -0.131. The van der Waals surface area contributed by atoms with Gasteiger partial charge in [-0.1, -0.05) is 48.5 Å². The highest BCUT2D eigenvalue weighted by Gasteiger charge is 2.17. The molecule has 0 aliphatic rings. The third-order valence-electron chi connectivity index (χ3n) is 4.47. The van der Waals surface area contributed by atoms with Gasteiger partial charge in [-0.15, -0.1) is 11.3 Å². The first-order valence-corrected chi connectivity index (χ1v) is 9.91. The number of aromatic nitrogens is 2. The van der Waals surface area contributed by atoms with Crippen LogP contribution in [0.4, 0.5) is 5.69 Å². The van der Waals surface area contributed by atoms with Crippen LogP contribution in [0.3, 0.4) is 0 Å². The molecule has 0 aliphatic heterocycles. The monoisotopic (exact) mass is 389 g/mol. The molecule has 0 bridgehead atoms. The van der Waals surface area contributed by atoms with E-state index in [1.54, 1.807) is 0 Å². The van der Waals surface area contributed by atoms with Gasteiger partial charge in [-0.3, -0.25) is 4.79 Å². The van der Waals surface area contributed by atoms with Gasteiger partial charge in [0.15, 0.2) is 5.82 Å². The van der Waals surface area contributed by atoms with E-state index in [1.807, 2.05) is 73.8 Å². The molecule has 4 rings (SSSR count). The number of carbonyl (C=O) groups excluding carboxylic acids is 1. The van der Waals surface area contributed by atoms with Crippen LogP contribution in [0, 0.1) is 6.92 Å². The Balaban J connectivity index is 1.62. The Hall–Kier alpha value is -3.25. The molecule has 0 spiro atoms. The molecular formula is C22H19N3O2S. The van der Waals surface area contributed by atoms with Crippen LogP contribution in [0.2, 0.25) is 0 Å². The summed E-state index contributed by atoms with van der Waals surface area (Å²) in [7, 11) is 0. The molecule has 2 heterocycles. The predicted octanol–water partition coefficient (Wildman–Crippen LogP) is 5.59. The molecule has 2 aromatic carbocycles. The van der Waals surface area contributed by atoms with Crippen molar-refractivity contribution < 1.29 is 9.32 Å². The maximum atomic E-state index is 13.0. The number of rotatable bonds is 5. The van der Waals surface area contributed by atoms with Crippen LogP contribution >= 0.6 is 11.3 Å². The number of carbonyl (C=O) groups is 1. The number of hydrogen-bond acceptors (Lipinski definition) is 5. The zero-order chi connectivity index (χ0) is 19.5. The molecule has 0 radical (unpaired) electrons. The van der Waals surface area contributed by atoms with Gasteiger partial charge in [0.1, 0.15) is 0 Å². The quantitative estimate of drug-likeness (QED) is 0.483. The highest BCUT2D eigenvalue weighted by molar-refractivity contribution is 7.12. The largest absolute Gasteiger partial charge is 0.334 e. The lowest BCUT2D eigenvalue weighted by atomic mass is 10.1. The van der Waals surface area contributed by atoms with E-state index in [0.29, 0.717) is 23.0 Å². The first-order valence-electron chi connectivity index (χ1n) is 9.03. The van der Waals surface area contributed by atoms with Crippen molar-refractivity contribution in [3.8, 4) is 22.6 Å². The maximum absolute atomic E-state index is 13.0. The van der Waals surface area contributed by atoms with Crippen LogP contribution in [0.1, 0.15) is 28.0 Å². The predicted molar refractivity (Wildman–Crippen MR) is 112 cm³/mol. The number of hydrogen-bond donors (Lipinski definition) is 1. The first kappa shape index (κ1) is 18.1. The Kier molecular flexibility index (Phi) is 5.04. The number of anilines is 1. The molecule has 0 saturated heterocycles. The van der Waals surface area contributed by atoms with Gasteiger partial charge in [-0.25, -0.2) is 0 Å². The normalized spacial score (nSPS) is 10.8. The lowest BCUT2D eigenvalue weighted by molar-refractivity contribution is 0.103. The van der Waals surface area contributed by atoms with Gasteiger partial charge in [0.05, 0.1) is 4.88 Å². The van der Waals surface area contributed by atoms with Crippen molar-refractivity contribution in [2.75, 3.05) is 5.32 Å². The Bertz CT molecular complexity index is 1120. The maximum Gasteiger partial charge on any atom is 0.266 e. The van der Waals surface area contributed by atoms with Gasteiger partial charge in [-0.05, 0) is 41.6 Å². The van der Waals surface area contributed by atoms with E-state index in [4.69, 9.17) is 4.52 Å². The Morgan fingerprint density at radius 2 is 1.93 bits per heavy atom. The topological polar surface area (TPSA) is 68.0 Å². The minimum Gasteiger partial charge on any atom is -0.334 e. The number of nitrogens with one attached hydrogen (secondary N) is 1. The molecule has 0 atom stereocenters. The number of benzene rings is 2. The van der Waals surface area contributed by atoms with Crippen molar-refractivity contribution in [1.29, 1.82) is 0 Å². The van der Waals surface area contributed by atoms with Gasteiger partial charge < -0.3 is 9.84 Å². The van der Waals surface area contributed by atoms with Crippen LogP contribution < -0.4 is 5.32 Å². The Morgan fingerprint density at radius 1 is 1.11 bits per heavy atom. The van der Waals surface area contributed by atoms with E-state index >= 15 is 0 Å². The van der Waals surface area contributed by atoms with E-state index < -0.39 is 0 Å². The second kappa shape index (κ2) is 7.78. The number of thiophene rings is 1. The summed E-state index contributed by atoms with van der Waals surface area (Å²) in [5.41, 5.74) is 4.43. The van der Waals surface area contributed by atoms with E-state index in [0.717, 1.165) is 27.9 Å². The standard InChI is InChI=1S/C22H19N3O2S/c1-3-19-24-22(27-25-19)16-10-9-14(2)18(13-16)23-21(26)20-17(11-12-28-20)15-7-5-4-6-8-15/h4-13H,3H2,1-2H3,(H,23,26). The summed E-state index contributed by atoms with van der Waals surface area (Å²) in [6.07, 6.45) is 0.708. The third kappa shape index (κ3) is 3.59. The Labute approximate surface area is 167 Å². The third-order valence-corrected chi connectivity index (χ3v) is 5.39. The highest BCUT2D eigenvalue weighted by atomic mass is 32.1. The Morgan fingerprint density at radius 3 is 2.68 bits per heavy atom. The van der Waals surface area contributed by atoms with E-state index in [1.165, 1.54) is 11.3 Å². The average Bonchev–Trinajstić information content (AvgIpc) is 3.40. The molecule has 0 unspecified atom stereocenters. The van der Waals surface area contributed by atoms with Crippen LogP contribution in [0.15, 0.2) is 64.5 Å². The lowest BCUT2D eigenvalue weighted by Crippen LogP contribution is -2.12. The number of aryl methyl sites for hydroxylation is 2. The van der Waals surface area contributed by atoms with E-state index in [9.17, 15) is 4.79 Å². The van der Waals surface area contributed by atoms with Crippen LogP contribution in [0.25, 0.3) is 22.6 Å². The van der Waals surface area contributed by atoms with Gasteiger partial charge in [-0.2, -0.15) is 4.98 Å². The fraction of sp³-hybridized carbons (Fsp3) is 0.136. The van der Waals surface area contributed by atoms with E-state index in [2.05, 4.69) is 15.5 Å². The molecule has 0 saturated carbocycles. The average molecular weight is 389 g/mol. The number of amides is 1. The molecule has 6 heteroatoms. The zero-order valence-electron chi connectivity index (χ0n) is 15.6. The van der Waals surface area contributed by atoms with E-state index in [-0.39, 0.29) is 5.91 Å². The number of nitrogens with zero attached hydrogens (tertiary/aromatic N) is 2. The van der Waals surface area contributed by atoms with Crippen LogP contribution in [-0.4, -0.2) is 16.0 Å². The lowest BCUT2D eigenvalue weighted by Gasteiger charge is -2.10.